The van der Waals surface area contributed by atoms with Gasteiger partial charge in [0.25, 0.3) is 0 Å². The quantitative estimate of drug-likeness (QED) is 0.259. The number of hydrogen-bond acceptors (Lipinski definition) is 6. The van der Waals surface area contributed by atoms with Crippen molar-refractivity contribution in [2.75, 3.05) is 26.1 Å². The maximum atomic E-state index is 5.77. The number of para-hydroxylation sites is 2. The Morgan fingerprint density at radius 1 is 1.00 bits per heavy atom. The third kappa shape index (κ3) is 5.16. The SMILES string of the molecule is CCc1ccc(Nc2cc3nc4ccccc4n(-c4ccc(C)cc4)c-3c/c2=N\C(C)(COC)OC)cn1. The molecule has 0 amide bonds. The number of fused-ring (bicyclic) bond motifs is 2. The lowest BCUT2D eigenvalue weighted by molar-refractivity contribution is -0.0466. The molecule has 3 aromatic rings. The maximum Gasteiger partial charge on any atom is 0.179 e. The van der Waals surface area contributed by atoms with Crippen LogP contribution in [-0.2, 0) is 15.9 Å². The minimum atomic E-state index is -0.873. The van der Waals surface area contributed by atoms with E-state index in [9.17, 15) is 0 Å². The van der Waals surface area contributed by atoms with E-state index in [4.69, 9.17) is 19.5 Å². The number of methoxy groups -OCH3 is 2. The smallest absolute Gasteiger partial charge is 0.179 e. The fourth-order valence-corrected chi connectivity index (χ4v) is 4.53. The van der Waals surface area contributed by atoms with Crippen molar-refractivity contribution < 1.29 is 9.47 Å². The molecule has 5 rings (SSSR count). The Morgan fingerprint density at radius 2 is 1.79 bits per heavy atom. The standard InChI is InChI=1S/C31H33N5O2/c1-6-22-13-14-23(19-32-22)33-26-17-28-30(18-27(26)35-31(3,38-5)20-37-4)36(24-15-11-21(2)12-16-24)29-10-8-7-9-25(29)34-28/h7-19,33H,6,20H2,1-5H3/b35-27+. The Bertz CT molecular complexity index is 1590. The molecule has 0 saturated heterocycles. The zero-order valence-corrected chi connectivity index (χ0v) is 22.5. The van der Waals surface area contributed by atoms with Gasteiger partial charge in [-0.05, 0) is 68.8 Å². The second kappa shape index (κ2) is 10.7. The molecule has 0 saturated carbocycles. The van der Waals surface area contributed by atoms with E-state index in [0.29, 0.717) is 6.61 Å². The van der Waals surface area contributed by atoms with Crippen LogP contribution < -0.4 is 10.7 Å². The average molecular weight is 508 g/mol. The first-order valence-electron chi connectivity index (χ1n) is 12.8. The Morgan fingerprint density at radius 3 is 2.47 bits per heavy atom. The number of pyridine rings is 1. The van der Waals surface area contributed by atoms with E-state index in [-0.39, 0.29) is 0 Å². The lowest BCUT2D eigenvalue weighted by Crippen LogP contribution is -2.33. The molecule has 7 nitrogen and oxygen atoms in total. The van der Waals surface area contributed by atoms with Gasteiger partial charge in [-0.3, -0.25) is 4.98 Å². The molecule has 0 radical (unpaired) electrons. The van der Waals surface area contributed by atoms with Crippen molar-refractivity contribution in [1.29, 1.82) is 0 Å². The van der Waals surface area contributed by atoms with E-state index < -0.39 is 5.72 Å². The largest absolute Gasteiger partial charge is 0.380 e. The summed E-state index contributed by atoms with van der Waals surface area (Å²) in [5.41, 5.74) is 7.81. The van der Waals surface area contributed by atoms with Gasteiger partial charge < -0.3 is 19.4 Å². The summed E-state index contributed by atoms with van der Waals surface area (Å²) >= 11 is 0. The molecule has 38 heavy (non-hydrogen) atoms. The highest BCUT2D eigenvalue weighted by Crippen LogP contribution is 2.30. The molecular weight excluding hydrogens is 474 g/mol. The number of hydrogen-bond donors (Lipinski definition) is 1. The Labute approximate surface area is 223 Å². The zero-order chi connectivity index (χ0) is 26.7. The average Bonchev–Trinajstić information content (AvgIpc) is 2.93. The van der Waals surface area contributed by atoms with E-state index >= 15 is 0 Å². The van der Waals surface area contributed by atoms with Crippen molar-refractivity contribution in [3.63, 3.8) is 0 Å². The fourth-order valence-electron chi connectivity index (χ4n) is 4.53. The molecule has 1 atom stereocenters. The summed E-state index contributed by atoms with van der Waals surface area (Å²) in [5, 5.41) is 4.25. The van der Waals surface area contributed by atoms with Crippen molar-refractivity contribution in [1.82, 2.24) is 14.5 Å². The first-order valence-corrected chi connectivity index (χ1v) is 12.8. The Kier molecular flexibility index (Phi) is 7.22. The molecule has 194 valence electrons. The molecule has 1 N–H and O–H groups in total. The van der Waals surface area contributed by atoms with E-state index in [1.54, 1.807) is 14.2 Å². The monoisotopic (exact) mass is 507 g/mol. The van der Waals surface area contributed by atoms with Crippen LogP contribution in [0.1, 0.15) is 25.1 Å². The molecule has 1 aliphatic heterocycles. The van der Waals surface area contributed by atoms with Gasteiger partial charge >= 0.3 is 0 Å². The van der Waals surface area contributed by atoms with Crippen molar-refractivity contribution in [2.24, 2.45) is 4.99 Å². The minimum absolute atomic E-state index is 0.307. The van der Waals surface area contributed by atoms with E-state index in [1.807, 2.05) is 49.5 Å². The summed E-state index contributed by atoms with van der Waals surface area (Å²) in [4.78, 5) is 14.6. The van der Waals surface area contributed by atoms with Gasteiger partial charge in [0.2, 0.25) is 0 Å². The molecule has 0 bridgehead atoms. The van der Waals surface area contributed by atoms with Gasteiger partial charge in [0.15, 0.2) is 5.72 Å². The van der Waals surface area contributed by atoms with Crippen molar-refractivity contribution in [2.45, 2.75) is 32.9 Å². The first kappa shape index (κ1) is 25.6. The van der Waals surface area contributed by atoms with Crippen LogP contribution in [0.2, 0.25) is 0 Å². The molecule has 1 aliphatic carbocycles. The number of nitrogens with one attached hydrogen (secondary N) is 1. The summed E-state index contributed by atoms with van der Waals surface area (Å²) in [7, 11) is 3.29. The van der Waals surface area contributed by atoms with Crippen LogP contribution >= 0.6 is 0 Å². The molecule has 2 aromatic carbocycles. The number of aromatic nitrogens is 3. The number of nitrogens with zero attached hydrogens (tertiary/aromatic N) is 4. The first-order chi connectivity index (χ1) is 18.4. The predicted molar refractivity (Wildman–Crippen MR) is 152 cm³/mol. The van der Waals surface area contributed by atoms with E-state index in [2.05, 4.69) is 65.1 Å². The highest BCUT2D eigenvalue weighted by Gasteiger charge is 2.23. The van der Waals surface area contributed by atoms with Gasteiger partial charge in [0, 0.05) is 25.6 Å². The normalized spacial score (nSPS) is 13.7. The van der Waals surface area contributed by atoms with Crippen molar-refractivity contribution >= 4 is 22.4 Å². The number of aryl methyl sites for hydroxylation is 2. The summed E-state index contributed by atoms with van der Waals surface area (Å²) in [5.74, 6) is 0. The van der Waals surface area contributed by atoms with Crippen LogP contribution in [0.15, 0.2) is 84.0 Å². The van der Waals surface area contributed by atoms with Crippen LogP contribution in [0, 0.1) is 6.92 Å². The summed E-state index contributed by atoms with van der Waals surface area (Å²) < 4.78 is 13.4. The van der Waals surface area contributed by atoms with Crippen LogP contribution in [0.3, 0.4) is 0 Å². The van der Waals surface area contributed by atoms with Crippen molar-refractivity contribution in [3.05, 3.63) is 95.6 Å². The molecule has 1 unspecified atom stereocenters. The van der Waals surface area contributed by atoms with Crippen LogP contribution in [0.4, 0.5) is 11.4 Å². The summed E-state index contributed by atoms with van der Waals surface area (Å²) in [6.07, 6.45) is 2.73. The molecule has 0 spiro atoms. The van der Waals surface area contributed by atoms with Gasteiger partial charge in [-0.2, -0.15) is 0 Å². The molecule has 2 heterocycles. The topological polar surface area (TPSA) is 73.6 Å². The highest BCUT2D eigenvalue weighted by atomic mass is 16.5. The Hall–Kier alpha value is -4.07. The molecule has 1 aromatic heterocycles. The van der Waals surface area contributed by atoms with Gasteiger partial charge in [0.1, 0.15) is 0 Å². The number of ether oxygens (including phenoxy) is 2. The molecular formula is C31H33N5O2. The van der Waals surface area contributed by atoms with E-state index in [0.717, 1.165) is 57.0 Å². The second-order valence-electron chi connectivity index (χ2n) is 9.57. The highest BCUT2D eigenvalue weighted by molar-refractivity contribution is 5.84. The number of anilines is 2. The van der Waals surface area contributed by atoms with Crippen LogP contribution in [0.25, 0.3) is 28.1 Å². The fraction of sp³-hybridized carbons (Fsp3) is 0.258. The number of rotatable bonds is 8. The maximum absolute atomic E-state index is 5.77. The van der Waals surface area contributed by atoms with Gasteiger partial charge in [-0.1, -0.05) is 36.8 Å². The van der Waals surface area contributed by atoms with Gasteiger partial charge in [-0.15, -0.1) is 0 Å². The molecule has 2 aliphatic rings. The van der Waals surface area contributed by atoms with Crippen LogP contribution in [-0.4, -0.2) is 41.1 Å². The predicted octanol–water partition coefficient (Wildman–Crippen LogP) is 6.05. The minimum Gasteiger partial charge on any atom is -0.380 e. The number of benzene rings is 3. The van der Waals surface area contributed by atoms with E-state index in [1.165, 1.54) is 5.56 Å². The van der Waals surface area contributed by atoms with Gasteiger partial charge in [-0.25, -0.2) is 9.98 Å². The lowest BCUT2D eigenvalue weighted by Gasteiger charge is -2.24. The third-order valence-electron chi connectivity index (χ3n) is 6.66. The second-order valence-corrected chi connectivity index (χ2v) is 9.57. The molecule has 0 fully saturated rings. The zero-order valence-electron chi connectivity index (χ0n) is 22.5. The van der Waals surface area contributed by atoms with Crippen LogP contribution in [0.5, 0.6) is 0 Å². The lowest BCUT2D eigenvalue weighted by atomic mass is 10.1. The summed E-state index contributed by atoms with van der Waals surface area (Å²) in [6.45, 7) is 6.41. The summed E-state index contributed by atoms with van der Waals surface area (Å²) in [6, 6.07) is 24.9. The van der Waals surface area contributed by atoms with Gasteiger partial charge in [0.05, 0.1) is 52.0 Å². The molecule has 7 heteroatoms. The van der Waals surface area contributed by atoms with Crippen molar-refractivity contribution in [3.8, 4) is 17.1 Å². The third-order valence-corrected chi connectivity index (χ3v) is 6.66. The Balaban J connectivity index is 1.80.